The summed E-state index contributed by atoms with van der Waals surface area (Å²) in [6.45, 7) is 4.75. The number of nitrogens with one attached hydrogen (secondary N) is 1. The summed E-state index contributed by atoms with van der Waals surface area (Å²) in [6, 6.07) is 5.62. The Bertz CT molecular complexity index is 578. The SMILES string of the molecule is CCNC(C)c1cnc(-c2ccccc2C(F)(F)F)s1. The smallest absolute Gasteiger partial charge is 0.310 e. The Labute approximate surface area is 119 Å². The fraction of sp³-hybridized carbons (Fsp3) is 0.357. The molecule has 1 heterocycles. The number of aromatic nitrogens is 1. The Kier molecular flexibility index (Phi) is 4.45. The van der Waals surface area contributed by atoms with Crippen LogP contribution in [0.25, 0.3) is 10.6 Å². The minimum absolute atomic E-state index is 0.0873. The zero-order chi connectivity index (χ0) is 14.8. The van der Waals surface area contributed by atoms with Gasteiger partial charge in [0.2, 0.25) is 0 Å². The van der Waals surface area contributed by atoms with Crippen LogP contribution in [0.15, 0.2) is 30.5 Å². The first-order valence-electron chi connectivity index (χ1n) is 6.29. The molecule has 108 valence electrons. The van der Waals surface area contributed by atoms with Crippen LogP contribution in [-0.4, -0.2) is 11.5 Å². The zero-order valence-electron chi connectivity index (χ0n) is 11.2. The third-order valence-electron chi connectivity index (χ3n) is 2.92. The first kappa shape index (κ1) is 15.0. The Morgan fingerprint density at radius 1 is 1.30 bits per heavy atom. The van der Waals surface area contributed by atoms with E-state index in [9.17, 15) is 13.2 Å². The molecule has 2 rings (SSSR count). The number of benzene rings is 1. The molecule has 1 aromatic heterocycles. The monoisotopic (exact) mass is 300 g/mol. The van der Waals surface area contributed by atoms with E-state index in [1.807, 2.05) is 13.8 Å². The van der Waals surface area contributed by atoms with Gasteiger partial charge in [0.1, 0.15) is 5.01 Å². The zero-order valence-corrected chi connectivity index (χ0v) is 12.0. The van der Waals surface area contributed by atoms with E-state index in [0.29, 0.717) is 5.01 Å². The Morgan fingerprint density at radius 2 is 2.00 bits per heavy atom. The van der Waals surface area contributed by atoms with Gasteiger partial charge in [-0.3, -0.25) is 0 Å². The lowest BCUT2D eigenvalue weighted by atomic mass is 10.1. The minimum Gasteiger partial charge on any atom is -0.310 e. The van der Waals surface area contributed by atoms with E-state index in [4.69, 9.17) is 0 Å². The fourth-order valence-electron chi connectivity index (χ4n) is 1.93. The van der Waals surface area contributed by atoms with Gasteiger partial charge in [-0.2, -0.15) is 13.2 Å². The van der Waals surface area contributed by atoms with Crippen LogP contribution < -0.4 is 5.32 Å². The van der Waals surface area contributed by atoms with Crippen molar-refractivity contribution < 1.29 is 13.2 Å². The third-order valence-corrected chi connectivity index (χ3v) is 4.14. The van der Waals surface area contributed by atoms with Crippen LogP contribution in [0.5, 0.6) is 0 Å². The summed E-state index contributed by atoms with van der Waals surface area (Å²) in [5.41, 5.74) is -0.503. The van der Waals surface area contributed by atoms with Crippen LogP contribution in [0.3, 0.4) is 0 Å². The van der Waals surface area contributed by atoms with Gasteiger partial charge in [-0.05, 0) is 19.5 Å². The van der Waals surface area contributed by atoms with Gasteiger partial charge >= 0.3 is 6.18 Å². The minimum atomic E-state index is -4.37. The van der Waals surface area contributed by atoms with E-state index in [1.54, 1.807) is 12.3 Å². The lowest BCUT2D eigenvalue weighted by Crippen LogP contribution is -2.16. The number of hydrogen-bond acceptors (Lipinski definition) is 3. The normalized spacial score (nSPS) is 13.4. The van der Waals surface area contributed by atoms with Crippen molar-refractivity contribution in [2.75, 3.05) is 6.54 Å². The summed E-state index contributed by atoms with van der Waals surface area (Å²) in [5, 5.41) is 3.62. The molecule has 2 nitrogen and oxygen atoms in total. The molecule has 1 aromatic carbocycles. The Morgan fingerprint density at radius 3 is 2.65 bits per heavy atom. The molecule has 0 aliphatic carbocycles. The molecule has 0 aliphatic rings. The second kappa shape index (κ2) is 5.93. The molecule has 0 bridgehead atoms. The molecule has 0 radical (unpaired) electrons. The lowest BCUT2D eigenvalue weighted by Gasteiger charge is -2.11. The van der Waals surface area contributed by atoms with Crippen LogP contribution in [0.1, 0.15) is 30.3 Å². The van der Waals surface area contributed by atoms with E-state index in [1.165, 1.54) is 23.5 Å². The van der Waals surface area contributed by atoms with Gasteiger partial charge < -0.3 is 5.32 Å². The molecule has 20 heavy (non-hydrogen) atoms. The van der Waals surface area contributed by atoms with E-state index < -0.39 is 11.7 Å². The van der Waals surface area contributed by atoms with Crippen LogP contribution >= 0.6 is 11.3 Å². The second-order valence-electron chi connectivity index (χ2n) is 4.39. The van der Waals surface area contributed by atoms with Crippen molar-refractivity contribution in [3.8, 4) is 10.6 Å². The number of thiazole rings is 1. The van der Waals surface area contributed by atoms with Gasteiger partial charge in [0.15, 0.2) is 0 Å². The maximum atomic E-state index is 13.0. The predicted molar refractivity (Wildman–Crippen MR) is 74.6 cm³/mol. The second-order valence-corrected chi connectivity index (χ2v) is 5.45. The first-order valence-corrected chi connectivity index (χ1v) is 7.10. The van der Waals surface area contributed by atoms with Gasteiger partial charge in [0.25, 0.3) is 0 Å². The highest BCUT2D eigenvalue weighted by Crippen LogP contribution is 2.38. The number of nitrogens with zero attached hydrogens (tertiary/aromatic N) is 1. The van der Waals surface area contributed by atoms with Crippen molar-refractivity contribution in [1.82, 2.24) is 10.3 Å². The molecule has 0 saturated carbocycles. The van der Waals surface area contributed by atoms with E-state index in [2.05, 4.69) is 10.3 Å². The maximum Gasteiger partial charge on any atom is 0.417 e. The number of alkyl halides is 3. The molecule has 0 aliphatic heterocycles. The van der Waals surface area contributed by atoms with Crippen molar-refractivity contribution in [2.45, 2.75) is 26.1 Å². The quantitative estimate of drug-likeness (QED) is 0.899. The third kappa shape index (κ3) is 3.19. The van der Waals surface area contributed by atoms with Gasteiger partial charge in [-0.25, -0.2) is 4.98 Å². The first-order chi connectivity index (χ1) is 9.43. The molecule has 1 unspecified atom stereocenters. The number of halogens is 3. The molecule has 0 saturated heterocycles. The Hall–Kier alpha value is -1.40. The number of rotatable bonds is 4. The molecule has 6 heteroatoms. The van der Waals surface area contributed by atoms with Crippen molar-refractivity contribution in [3.63, 3.8) is 0 Å². The van der Waals surface area contributed by atoms with Crippen LogP contribution in [0, 0.1) is 0 Å². The molecular weight excluding hydrogens is 285 g/mol. The van der Waals surface area contributed by atoms with Gasteiger partial charge in [0, 0.05) is 22.7 Å². The summed E-state index contributed by atoms with van der Waals surface area (Å²) in [4.78, 5) is 5.07. The molecule has 0 spiro atoms. The van der Waals surface area contributed by atoms with Gasteiger partial charge in [0.05, 0.1) is 5.56 Å². The van der Waals surface area contributed by atoms with Crippen molar-refractivity contribution in [1.29, 1.82) is 0 Å². The lowest BCUT2D eigenvalue weighted by molar-refractivity contribution is -0.137. The number of hydrogen-bond donors (Lipinski definition) is 1. The summed E-state index contributed by atoms with van der Waals surface area (Å²) >= 11 is 1.29. The van der Waals surface area contributed by atoms with Crippen LogP contribution in [-0.2, 0) is 6.18 Å². The predicted octanol–water partition coefficient (Wildman–Crippen LogP) is 4.50. The molecular formula is C14H15F3N2S. The van der Waals surface area contributed by atoms with Crippen molar-refractivity contribution >= 4 is 11.3 Å². The summed E-state index contributed by atoms with van der Waals surface area (Å²) in [5.74, 6) is 0. The average Bonchev–Trinajstić information content (AvgIpc) is 2.87. The van der Waals surface area contributed by atoms with Crippen LogP contribution in [0.4, 0.5) is 13.2 Å². The molecule has 2 aromatic rings. The summed E-state index contributed by atoms with van der Waals surface area (Å²) in [6.07, 6.45) is -2.73. The topological polar surface area (TPSA) is 24.9 Å². The summed E-state index contributed by atoms with van der Waals surface area (Å²) < 4.78 is 39.0. The average molecular weight is 300 g/mol. The Balaban J connectivity index is 2.38. The molecule has 1 atom stereocenters. The highest BCUT2D eigenvalue weighted by molar-refractivity contribution is 7.15. The standard InChI is InChI=1S/C14H15F3N2S/c1-3-18-9(2)12-8-19-13(20-12)10-6-4-5-7-11(10)14(15,16)17/h4-9,18H,3H2,1-2H3. The van der Waals surface area contributed by atoms with E-state index in [0.717, 1.165) is 17.5 Å². The van der Waals surface area contributed by atoms with Crippen molar-refractivity contribution in [2.24, 2.45) is 0 Å². The molecule has 0 fully saturated rings. The largest absolute Gasteiger partial charge is 0.417 e. The van der Waals surface area contributed by atoms with E-state index >= 15 is 0 Å². The highest BCUT2D eigenvalue weighted by Gasteiger charge is 2.34. The fourth-order valence-corrected chi connectivity index (χ4v) is 2.92. The molecule has 0 amide bonds. The maximum absolute atomic E-state index is 13.0. The van der Waals surface area contributed by atoms with Gasteiger partial charge in [-0.1, -0.05) is 25.1 Å². The van der Waals surface area contributed by atoms with E-state index in [-0.39, 0.29) is 11.6 Å². The highest BCUT2D eigenvalue weighted by atomic mass is 32.1. The van der Waals surface area contributed by atoms with Gasteiger partial charge in [-0.15, -0.1) is 11.3 Å². The molecule has 1 N–H and O–H groups in total. The van der Waals surface area contributed by atoms with Crippen molar-refractivity contribution in [3.05, 3.63) is 40.9 Å². The van der Waals surface area contributed by atoms with Crippen LogP contribution in [0.2, 0.25) is 0 Å². The summed E-state index contributed by atoms with van der Waals surface area (Å²) in [7, 11) is 0.